The normalized spacial score (nSPS) is 9.25. The van der Waals surface area contributed by atoms with Crippen LogP contribution in [0.1, 0.15) is 10.4 Å². The molecule has 1 radical (unpaired) electrons. The predicted octanol–water partition coefficient (Wildman–Crippen LogP) is 1.67. The van der Waals surface area contributed by atoms with Gasteiger partial charge in [0.05, 0.1) is 5.56 Å². The van der Waals surface area contributed by atoms with Gasteiger partial charge in [-0.2, -0.15) is 0 Å². The van der Waals surface area contributed by atoms with Gasteiger partial charge in [-0.3, -0.25) is 0 Å². The first kappa shape index (κ1) is 12.5. The van der Waals surface area contributed by atoms with Crippen molar-refractivity contribution in [3.05, 3.63) is 60.2 Å². The fourth-order valence-electron chi connectivity index (χ4n) is 1.38. The Balaban J connectivity index is 0.00000128. The van der Waals surface area contributed by atoms with Crippen molar-refractivity contribution in [1.29, 1.82) is 0 Å². The van der Waals surface area contributed by atoms with Gasteiger partial charge in [0, 0.05) is 0 Å². The van der Waals surface area contributed by atoms with Crippen molar-refractivity contribution in [1.82, 2.24) is 0 Å². The summed E-state index contributed by atoms with van der Waals surface area (Å²) in [5.41, 5.74) is 2.38. The summed E-state index contributed by atoms with van der Waals surface area (Å²) in [4.78, 5) is 10.6. The maximum Gasteiger partial charge on any atom is 0.335 e. The van der Waals surface area contributed by atoms with E-state index in [0.29, 0.717) is 5.56 Å². The highest BCUT2D eigenvalue weighted by molar-refractivity contribution is 5.88. The highest BCUT2D eigenvalue weighted by Gasteiger charge is 2.02. The summed E-state index contributed by atoms with van der Waals surface area (Å²) in [6.07, 6.45) is 0. The molecule has 2 aromatic rings. The number of carboxylic acid groups (broad SMARTS) is 1. The van der Waals surface area contributed by atoms with Gasteiger partial charge < -0.3 is 5.11 Å². The van der Waals surface area contributed by atoms with Crippen molar-refractivity contribution in [3.63, 3.8) is 0 Å². The van der Waals surface area contributed by atoms with Crippen LogP contribution >= 0.6 is 0 Å². The molecule has 0 saturated carbocycles. The molecule has 0 aromatic heterocycles. The lowest BCUT2D eigenvalue weighted by Gasteiger charge is -2.01. The third-order valence-corrected chi connectivity index (χ3v) is 2.18. The van der Waals surface area contributed by atoms with E-state index >= 15 is 0 Å². The third-order valence-electron chi connectivity index (χ3n) is 2.18. The van der Waals surface area contributed by atoms with E-state index in [0.717, 1.165) is 11.1 Å². The van der Waals surface area contributed by atoms with Crippen LogP contribution in [0.3, 0.4) is 0 Å². The van der Waals surface area contributed by atoms with Gasteiger partial charge in [0.15, 0.2) is 17.4 Å². The van der Waals surface area contributed by atoms with Crippen LogP contribution in [0.15, 0.2) is 48.5 Å². The quantitative estimate of drug-likeness (QED) is 0.792. The lowest BCUT2D eigenvalue weighted by Crippen LogP contribution is -1.94. The van der Waals surface area contributed by atoms with Gasteiger partial charge in [0.1, 0.15) is 0 Å². The molecule has 16 heavy (non-hydrogen) atoms. The van der Waals surface area contributed by atoms with E-state index in [9.17, 15) is 4.79 Å². The highest BCUT2D eigenvalue weighted by Crippen LogP contribution is 2.18. The van der Waals surface area contributed by atoms with Gasteiger partial charge >= 0.3 is 5.97 Å². The number of hydrogen-bond donors (Lipinski definition) is 1. The Hall–Kier alpha value is -1.56. The van der Waals surface area contributed by atoms with E-state index in [4.69, 9.17) is 5.11 Å². The first-order chi connectivity index (χ1) is 7.27. The fourth-order valence-corrected chi connectivity index (χ4v) is 1.38. The molecular weight excluding hydrogens is 215 g/mol. The third kappa shape index (κ3) is 2.73. The van der Waals surface area contributed by atoms with Gasteiger partial charge in [-0.05, 0) is 29.3 Å². The molecular formula is C13H12AlO2. The first-order valence-electron chi connectivity index (χ1n) is 4.57. The summed E-state index contributed by atoms with van der Waals surface area (Å²) < 4.78 is 0. The first-order valence-corrected chi connectivity index (χ1v) is 4.57. The molecule has 0 aliphatic carbocycles. The molecule has 3 heteroatoms. The van der Waals surface area contributed by atoms with Crippen LogP contribution in [-0.4, -0.2) is 28.4 Å². The number of rotatable bonds is 2. The van der Waals surface area contributed by atoms with Gasteiger partial charge in [-0.1, -0.05) is 36.4 Å². The summed E-state index contributed by atoms with van der Waals surface area (Å²) in [6.45, 7) is 0. The lowest BCUT2D eigenvalue weighted by molar-refractivity contribution is 0.0697. The number of hydrogen-bond acceptors (Lipinski definition) is 1. The van der Waals surface area contributed by atoms with Crippen LogP contribution < -0.4 is 0 Å². The molecule has 0 heterocycles. The lowest BCUT2D eigenvalue weighted by atomic mass is 10.0. The summed E-state index contributed by atoms with van der Waals surface area (Å²) in [6, 6.07) is 17.3. The van der Waals surface area contributed by atoms with E-state index in [2.05, 4.69) is 6.07 Å². The second kappa shape index (κ2) is 5.51. The molecule has 0 bridgehead atoms. The molecule has 0 aliphatic rings. The van der Waals surface area contributed by atoms with Gasteiger partial charge in [0.25, 0.3) is 0 Å². The smallest absolute Gasteiger partial charge is 0.335 e. The Kier molecular flexibility index (Phi) is 4.31. The van der Waals surface area contributed by atoms with E-state index in [-0.39, 0.29) is 17.4 Å². The van der Waals surface area contributed by atoms with Gasteiger partial charge in [-0.25, -0.2) is 4.79 Å². The molecule has 2 nitrogen and oxygen atoms in total. The van der Waals surface area contributed by atoms with Gasteiger partial charge in [-0.15, -0.1) is 0 Å². The number of aromatic carboxylic acids is 1. The SMILES string of the molecule is O=C(O)c1ccc(-c2cc[c]cc2)cc1.[AlH3]. The number of carboxylic acids is 1. The molecule has 0 aliphatic heterocycles. The average Bonchev–Trinajstić information content (AvgIpc) is 2.30. The van der Waals surface area contributed by atoms with Crippen molar-refractivity contribution in [2.75, 3.05) is 0 Å². The van der Waals surface area contributed by atoms with Crippen LogP contribution in [-0.2, 0) is 0 Å². The standard InChI is InChI=1S/C13H9O2.Al.3H/c14-13(15)12-8-6-11(7-9-12)10-4-2-1-3-5-10;;;;/h2-9H,(H,14,15);;;;. The van der Waals surface area contributed by atoms with Crippen LogP contribution in [0.5, 0.6) is 0 Å². The molecule has 0 amide bonds. The monoisotopic (exact) mass is 227 g/mol. The minimum Gasteiger partial charge on any atom is -0.478 e. The second-order valence-electron chi connectivity index (χ2n) is 3.17. The summed E-state index contributed by atoms with van der Waals surface area (Å²) in [5.74, 6) is -0.900. The molecule has 2 rings (SSSR count). The van der Waals surface area contributed by atoms with Crippen molar-refractivity contribution in [2.24, 2.45) is 0 Å². The fraction of sp³-hybridized carbons (Fsp3) is 0. The van der Waals surface area contributed by atoms with Gasteiger partial charge in [0.2, 0.25) is 0 Å². The van der Waals surface area contributed by atoms with Crippen molar-refractivity contribution >= 4 is 23.3 Å². The summed E-state index contributed by atoms with van der Waals surface area (Å²) in [5, 5.41) is 8.74. The van der Waals surface area contributed by atoms with E-state index in [1.807, 2.05) is 24.3 Å². The Labute approximate surface area is 105 Å². The maximum absolute atomic E-state index is 10.6. The van der Waals surface area contributed by atoms with Crippen molar-refractivity contribution < 1.29 is 9.90 Å². The largest absolute Gasteiger partial charge is 0.478 e. The van der Waals surface area contributed by atoms with Crippen LogP contribution in [0.2, 0.25) is 0 Å². The maximum atomic E-state index is 10.6. The summed E-state index contributed by atoms with van der Waals surface area (Å²) in [7, 11) is 0. The molecule has 0 saturated heterocycles. The Morgan fingerprint density at radius 1 is 0.938 bits per heavy atom. The Bertz CT molecular complexity index is 463. The summed E-state index contributed by atoms with van der Waals surface area (Å²) >= 11 is 0. The molecule has 0 unspecified atom stereocenters. The topological polar surface area (TPSA) is 37.3 Å². The predicted molar refractivity (Wildman–Crippen MR) is 67.6 cm³/mol. The zero-order valence-electron chi connectivity index (χ0n) is 7.97. The molecule has 0 atom stereocenters. The minimum atomic E-state index is -0.900. The number of carbonyl (C=O) groups is 1. The molecule has 1 N–H and O–H groups in total. The zero-order chi connectivity index (χ0) is 10.7. The average molecular weight is 227 g/mol. The van der Waals surface area contributed by atoms with Crippen LogP contribution in [0.4, 0.5) is 0 Å². The molecule has 2 aromatic carbocycles. The van der Waals surface area contributed by atoms with E-state index in [1.165, 1.54) is 0 Å². The Morgan fingerprint density at radius 2 is 1.44 bits per heavy atom. The molecule has 0 spiro atoms. The van der Waals surface area contributed by atoms with Crippen molar-refractivity contribution in [3.8, 4) is 11.1 Å². The van der Waals surface area contributed by atoms with E-state index < -0.39 is 5.97 Å². The zero-order valence-corrected chi connectivity index (χ0v) is 7.97. The van der Waals surface area contributed by atoms with E-state index in [1.54, 1.807) is 24.3 Å². The molecule has 79 valence electrons. The molecule has 0 fully saturated rings. The van der Waals surface area contributed by atoms with Crippen molar-refractivity contribution in [2.45, 2.75) is 0 Å². The highest BCUT2D eigenvalue weighted by atomic mass is 27.0. The number of benzene rings is 2. The van der Waals surface area contributed by atoms with Crippen LogP contribution in [0, 0.1) is 6.07 Å². The second-order valence-corrected chi connectivity index (χ2v) is 3.17. The minimum absolute atomic E-state index is 0. The Morgan fingerprint density at radius 3 is 1.94 bits per heavy atom. The van der Waals surface area contributed by atoms with Crippen LogP contribution in [0.25, 0.3) is 11.1 Å².